The molecule has 8 heteroatoms. The summed E-state index contributed by atoms with van der Waals surface area (Å²) in [7, 11) is 0. The van der Waals surface area contributed by atoms with Crippen molar-refractivity contribution in [3.05, 3.63) is 34.6 Å². The van der Waals surface area contributed by atoms with E-state index in [1.165, 1.54) is 0 Å². The molecule has 1 aliphatic rings. The Bertz CT molecular complexity index is 607. The van der Waals surface area contributed by atoms with Crippen LogP contribution in [0.5, 0.6) is 0 Å². The van der Waals surface area contributed by atoms with Crippen molar-refractivity contribution in [2.45, 2.75) is 31.7 Å². The van der Waals surface area contributed by atoms with Crippen molar-refractivity contribution in [1.29, 1.82) is 0 Å². The van der Waals surface area contributed by atoms with E-state index in [4.69, 9.17) is 5.11 Å². The molecule has 2 amide bonds. The summed E-state index contributed by atoms with van der Waals surface area (Å²) in [6.07, 6.45) is 0.870. The van der Waals surface area contributed by atoms with Crippen LogP contribution in [0.25, 0.3) is 0 Å². The first-order valence-electron chi connectivity index (χ1n) is 6.82. The highest BCUT2D eigenvalue weighted by Gasteiger charge is 2.30. The SMILES string of the molecule is O=C(O)CCCNC(=O)NC1CCc2cc(F)c(F)c(F)c21. The maximum absolute atomic E-state index is 13.8. The average molecular weight is 316 g/mol. The molecule has 22 heavy (non-hydrogen) atoms. The molecule has 2 rings (SSSR count). The zero-order chi connectivity index (χ0) is 16.3. The number of carbonyl (C=O) groups excluding carboxylic acids is 1. The van der Waals surface area contributed by atoms with Gasteiger partial charge in [0.2, 0.25) is 0 Å². The van der Waals surface area contributed by atoms with Crippen LogP contribution in [-0.4, -0.2) is 23.7 Å². The highest BCUT2D eigenvalue weighted by molar-refractivity contribution is 5.74. The minimum absolute atomic E-state index is 0.0282. The van der Waals surface area contributed by atoms with Crippen LogP contribution in [-0.2, 0) is 11.2 Å². The van der Waals surface area contributed by atoms with Gasteiger partial charge in [0.15, 0.2) is 17.5 Å². The molecule has 120 valence electrons. The van der Waals surface area contributed by atoms with Crippen LogP contribution in [0.3, 0.4) is 0 Å². The molecular weight excluding hydrogens is 301 g/mol. The molecule has 5 nitrogen and oxygen atoms in total. The summed E-state index contributed by atoms with van der Waals surface area (Å²) < 4.78 is 40.2. The molecule has 1 aromatic carbocycles. The molecule has 1 aromatic rings. The Morgan fingerprint density at radius 3 is 2.68 bits per heavy atom. The van der Waals surface area contributed by atoms with Gasteiger partial charge in [-0.25, -0.2) is 18.0 Å². The number of carboxylic acid groups (broad SMARTS) is 1. The van der Waals surface area contributed by atoms with Gasteiger partial charge >= 0.3 is 12.0 Å². The van der Waals surface area contributed by atoms with E-state index in [1.54, 1.807) is 0 Å². The fraction of sp³-hybridized carbons (Fsp3) is 0.429. The van der Waals surface area contributed by atoms with Crippen molar-refractivity contribution >= 4 is 12.0 Å². The molecule has 0 saturated carbocycles. The second-order valence-corrected chi connectivity index (χ2v) is 5.05. The molecule has 0 aliphatic heterocycles. The lowest BCUT2D eigenvalue weighted by molar-refractivity contribution is -0.137. The number of benzene rings is 1. The molecule has 0 spiro atoms. The quantitative estimate of drug-likeness (QED) is 0.576. The number of carboxylic acids is 1. The first-order chi connectivity index (χ1) is 10.4. The summed E-state index contributed by atoms with van der Waals surface area (Å²) in [5.74, 6) is -5.03. The summed E-state index contributed by atoms with van der Waals surface area (Å²) in [4.78, 5) is 22.0. The number of hydrogen-bond acceptors (Lipinski definition) is 2. The van der Waals surface area contributed by atoms with Crippen LogP contribution in [0.2, 0.25) is 0 Å². The molecule has 0 radical (unpaired) electrons. The molecule has 0 saturated heterocycles. The van der Waals surface area contributed by atoms with E-state index in [9.17, 15) is 22.8 Å². The van der Waals surface area contributed by atoms with E-state index in [1.807, 2.05) is 0 Å². The first kappa shape index (κ1) is 16.1. The Balaban J connectivity index is 1.95. The van der Waals surface area contributed by atoms with Crippen molar-refractivity contribution in [3.63, 3.8) is 0 Å². The van der Waals surface area contributed by atoms with E-state index < -0.39 is 35.5 Å². The number of aryl methyl sites for hydroxylation is 1. The van der Waals surface area contributed by atoms with Crippen LogP contribution < -0.4 is 10.6 Å². The maximum Gasteiger partial charge on any atom is 0.315 e. The van der Waals surface area contributed by atoms with Crippen molar-refractivity contribution in [2.24, 2.45) is 0 Å². The van der Waals surface area contributed by atoms with Gasteiger partial charge in [0.25, 0.3) is 0 Å². The van der Waals surface area contributed by atoms with Gasteiger partial charge in [-0.2, -0.15) is 0 Å². The van der Waals surface area contributed by atoms with Crippen LogP contribution in [0.4, 0.5) is 18.0 Å². The van der Waals surface area contributed by atoms with Gasteiger partial charge in [-0.1, -0.05) is 0 Å². The zero-order valence-corrected chi connectivity index (χ0v) is 11.6. The summed E-state index contributed by atoms with van der Waals surface area (Å²) in [5, 5.41) is 13.4. The second-order valence-electron chi connectivity index (χ2n) is 5.05. The molecule has 1 unspecified atom stereocenters. The van der Waals surface area contributed by atoms with E-state index in [0.717, 1.165) is 6.07 Å². The minimum atomic E-state index is -1.55. The number of urea groups is 1. The van der Waals surface area contributed by atoms with E-state index in [-0.39, 0.29) is 24.9 Å². The fourth-order valence-corrected chi connectivity index (χ4v) is 2.48. The van der Waals surface area contributed by atoms with E-state index >= 15 is 0 Å². The van der Waals surface area contributed by atoms with Crippen molar-refractivity contribution in [1.82, 2.24) is 10.6 Å². The standard InChI is InChI=1S/C14H15F3N2O3/c15-8-6-7-3-4-9(11(7)13(17)12(8)16)19-14(22)18-5-1-2-10(20)21/h6,9H,1-5H2,(H,20,21)(H2,18,19,22). The molecule has 1 aliphatic carbocycles. The Hall–Kier alpha value is -2.25. The average Bonchev–Trinajstić information content (AvgIpc) is 2.83. The molecule has 0 fully saturated rings. The smallest absolute Gasteiger partial charge is 0.315 e. The third kappa shape index (κ3) is 3.49. The number of carbonyl (C=O) groups is 2. The van der Waals surface area contributed by atoms with Gasteiger partial charge in [-0.3, -0.25) is 4.79 Å². The number of nitrogens with one attached hydrogen (secondary N) is 2. The summed E-state index contributed by atoms with van der Waals surface area (Å²) in [5.41, 5.74) is 0.312. The molecule has 1 atom stereocenters. The molecule has 0 heterocycles. The molecule has 0 aromatic heterocycles. The monoisotopic (exact) mass is 316 g/mol. The topological polar surface area (TPSA) is 78.4 Å². The van der Waals surface area contributed by atoms with Gasteiger partial charge in [0.05, 0.1) is 6.04 Å². The highest BCUT2D eigenvalue weighted by Crippen LogP contribution is 2.35. The van der Waals surface area contributed by atoms with Crippen molar-refractivity contribution in [2.75, 3.05) is 6.54 Å². The third-order valence-electron chi connectivity index (χ3n) is 3.49. The Labute approximate surface area is 124 Å². The number of hydrogen-bond donors (Lipinski definition) is 3. The van der Waals surface area contributed by atoms with Gasteiger partial charge < -0.3 is 15.7 Å². The van der Waals surface area contributed by atoms with Gasteiger partial charge in [-0.05, 0) is 30.9 Å². The predicted molar refractivity (Wildman–Crippen MR) is 70.8 cm³/mol. The summed E-state index contributed by atoms with van der Waals surface area (Å²) >= 11 is 0. The number of rotatable bonds is 5. The Morgan fingerprint density at radius 1 is 1.27 bits per heavy atom. The lowest BCUT2D eigenvalue weighted by Gasteiger charge is -2.15. The normalized spacial score (nSPS) is 16.2. The highest BCUT2D eigenvalue weighted by atomic mass is 19.2. The maximum atomic E-state index is 13.8. The van der Waals surface area contributed by atoms with Crippen molar-refractivity contribution in [3.8, 4) is 0 Å². The molecule has 0 bridgehead atoms. The lowest BCUT2D eigenvalue weighted by atomic mass is 10.1. The predicted octanol–water partition coefficient (Wildman–Crippen LogP) is 2.26. The van der Waals surface area contributed by atoms with Gasteiger partial charge in [-0.15, -0.1) is 0 Å². The molecule has 3 N–H and O–H groups in total. The summed E-state index contributed by atoms with van der Waals surface area (Å²) in [6.45, 7) is 0.151. The van der Waals surface area contributed by atoms with Gasteiger partial charge in [0, 0.05) is 18.5 Å². The number of halogens is 3. The van der Waals surface area contributed by atoms with Crippen LogP contribution in [0.1, 0.15) is 36.4 Å². The van der Waals surface area contributed by atoms with Crippen LogP contribution in [0, 0.1) is 17.5 Å². The minimum Gasteiger partial charge on any atom is -0.481 e. The number of fused-ring (bicyclic) bond motifs is 1. The van der Waals surface area contributed by atoms with E-state index in [0.29, 0.717) is 18.4 Å². The van der Waals surface area contributed by atoms with Crippen LogP contribution in [0.15, 0.2) is 6.07 Å². The van der Waals surface area contributed by atoms with E-state index in [2.05, 4.69) is 10.6 Å². The fourth-order valence-electron chi connectivity index (χ4n) is 2.48. The third-order valence-corrected chi connectivity index (χ3v) is 3.49. The number of amides is 2. The first-order valence-corrected chi connectivity index (χ1v) is 6.82. The second kappa shape index (κ2) is 6.67. The Morgan fingerprint density at radius 2 is 2.00 bits per heavy atom. The van der Waals surface area contributed by atoms with Crippen molar-refractivity contribution < 1.29 is 27.9 Å². The summed E-state index contributed by atoms with van der Waals surface area (Å²) in [6, 6.07) is -0.392. The Kier molecular flexibility index (Phi) is 4.89. The van der Waals surface area contributed by atoms with Gasteiger partial charge in [0.1, 0.15) is 0 Å². The lowest BCUT2D eigenvalue weighted by Crippen LogP contribution is -2.38. The zero-order valence-electron chi connectivity index (χ0n) is 11.6. The molecular formula is C14H15F3N2O3. The largest absolute Gasteiger partial charge is 0.481 e. The van der Waals surface area contributed by atoms with Crippen LogP contribution >= 0.6 is 0 Å². The number of aliphatic carboxylic acids is 1.